The molecular formula is C71H101F3N16O23. The number of hydrogen-bond acceptors (Lipinski definition) is 23. The van der Waals surface area contributed by atoms with Gasteiger partial charge in [0.1, 0.15) is 60.0 Å². The van der Waals surface area contributed by atoms with Crippen LogP contribution in [0.5, 0.6) is 0 Å². The Balaban J connectivity index is 0.00000449. The fourth-order valence-electron chi connectivity index (χ4n) is 10.6. The highest BCUT2D eigenvalue weighted by molar-refractivity contribution is 6.00. The summed E-state index contributed by atoms with van der Waals surface area (Å²) in [6.45, 7) is 12.5. The highest BCUT2D eigenvalue weighted by Crippen LogP contribution is 2.26. The summed E-state index contributed by atoms with van der Waals surface area (Å²) in [6, 6.07) is 0.123. The van der Waals surface area contributed by atoms with Crippen LogP contribution in [0.3, 0.4) is 0 Å². The van der Waals surface area contributed by atoms with Crippen LogP contribution in [0.1, 0.15) is 118 Å². The monoisotopic (exact) mass is 1600 g/mol. The van der Waals surface area contributed by atoms with Crippen LogP contribution in [0.25, 0.3) is 0 Å². The number of carbonyl (C=O) groups is 14. The van der Waals surface area contributed by atoms with E-state index in [0.29, 0.717) is 5.56 Å². The summed E-state index contributed by atoms with van der Waals surface area (Å²) in [7, 11) is 0. The van der Waals surface area contributed by atoms with Crippen LogP contribution in [0.15, 0.2) is 89.9 Å². The SMILES string of the molecule is CC[C@H](C)[C@@H]1NC(=O)[C@@H](CCCN=C(N)N)NC(=O)[C@H](CC(C)C)NC(=O)[C@H]([C@H](O)C(C)C)NC(=O)[C@@H](NC(=O)[C@H](Cc2ccc([N+](=O)[O-])cc2)NC(=O)[C@@H](Cc2ccccc2)NC(=O)OC(C)(C)C)[C@@H](c2ccccc2)OC(=O)[C@H](CO)NC(=O)[C@H]([C@H](O)C(N)=O)NC(=O)CNC(=O)[C@H]([C@H](C)O)NC1=O.O=C(O)C(F)(F)F. The lowest BCUT2D eigenvalue weighted by atomic mass is 9.95. The molecule has 624 valence electrons. The molecule has 3 aromatic rings. The van der Waals surface area contributed by atoms with Gasteiger partial charge in [0.2, 0.25) is 65.0 Å². The van der Waals surface area contributed by atoms with Gasteiger partial charge in [0.05, 0.1) is 30.3 Å². The van der Waals surface area contributed by atoms with Crippen molar-refractivity contribution < 1.29 is 120 Å². The molecule has 0 aromatic heterocycles. The van der Waals surface area contributed by atoms with E-state index in [2.05, 4.69) is 52.8 Å². The van der Waals surface area contributed by atoms with Crippen LogP contribution < -0.4 is 75.7 Å². The Kier molecular flexibility index (Phi) is 38.0. The molecule has 0 bridgehead atoms. The number of guanidine groups is 1. The number of benzene rings is 3. The first kappa shape index (κ1) is 95.5. The number of hydrogen-bond donors (Lipinski definition) is 19. The maximum absolute atomic E-state index is 15.8. The van der Waals surface area contributed by atoms with E-state index in [1.807, 2.05) is 10.6 Å². The number of alkyl halides is 3. The minimum absolute atomic E-state index is 0.000986. The van der Waals surface area contributed by atoms with Crippen molar-refractivity contribution >= 4 is 94.7 Å². The number of carboxylic acid groups (broad SMARTS) is 1. The predicted molar refractivity (Wildman–Crippen MR) is 393 cm³/mol. The van der Waals surface area contributed by atoms with Gasteiger partial charge < -0.3 is 111 Å². The van der Waals surface area contributed by atoms with Crippen molar-refractivity contribution in [1.29, 1.82) is 0 Å². The highest BCUT2D eigenvalue weighted by Gasteiger charge is 2.45. The third-order valence-corrected chi connectivity index (χ3v) is 16.8. The van der Waals surface area contributed by atoms with Crippen molar-refractivity contribution in [3.05, 3.63) is 112 Å². The number of primary amides is 1. The number of aliphatic imine (C=N–C) groups is 1. The number of nitro benzene ring substituents is 1. The van der Waals surface area contributed by atoms with Crippen LogP contribution in [-0.4, -0.2) is 230 Å². The first-order valence-corrected chi connectivity index (χ1v) is 35.5. The summed E-state index contributed by atoms with van der Waals surface area (Å²) >= 11 is 0. The number of carboxylic acids is 1. The predicted octanol–water partition coefficient (Wildman–Crippen LogP) is -2.93. The van der Waals surface area contributed by atoms with Gasteiger partial charge >= 0.3 is 24.2 Å². The lowest BCUT2D eigenvalue weighted by molar-refractivity contribution is -0.384. The number of alkyl carbamates (subject to hydrolysis) is 1. The van der Waals surface area contributed by atoms with Gasteiger partial charge in [0.15, 0.2) is 24.2 Å². The van der Waals surface area contributed by atoms with Crippen molar-refractivity contribution in [3.63, 3.8) is 0 Å². The number of rotatable bonds is 25. The Bertz CT molecular complexity index is 3810. The molecule has 22 N–H and O–H groups in total. The standard InChI is InChI=1S/C69H100N16O21.C2HF3O2/c1-11-36(6)48-62(97)82-49(37(7)87)61(96)74-32-47(88)80-51(54(90)56(70)91)64(99)78-46(33-86)66(101)105-55(40-21-16-13-17-22-40)52(65(100)83-50(53(89)35(4)5)63(98)77-43(29-34(2)3)58(93)75-42(57(92)81-48)23-18-28-73-67(71)72)84-60(95)44(31-39-24-26-41(27-25-39)85(103)104)76-59(94)45(30-38-19-14-12-15-20-38)79-68(102)106-69(8,9)10;3-2(4,5)1(6)7/h12-17,19-22,24-27,34-37,42-46,48-55,86-87,89-90H,11,18,23,28-33H2,1-10H3,(H2,70,91)(H,74,96)(H,75,93)(H,76,94)(H,77,98)(H,78,99)(H,79,102)(H,80,88)(H,81,92)(H,82,97)(H,83,100)(H,84,95)(H4,71,72,73);(H,6,7)/t36-,37-,42+,43-,44-,45+,46-,48-,49-,50-,51-,52-,53+,54-,55+;/m0./s1. The smallest absolute Gasteiger partial charge is 0.475 e. The first-order valence-electron chi connectivity index (χ1n) is 35.5. The largest absolute Gasteiger partial charge is 0.490 e. The Hall–Kier alpha value is -11.7. The van der Waals surface area contributed by atoms with E-state index in [1.54, 1.807) is 78.8 Å². The summed E-state index contributed by atoms with van der Waals surface area (Å²) in [4.78, 5) is 211. The van der Waals surface area contributed by atoms with Crippen molar-refractivity contribution in [1.82, 2.24) is 58.5 Å². The second-order valence-electron chi connectivity index (χ2n) is 28.0. The number of esters is 1. The van der Waals surface area contributed by atoms with Gasteiger partial charge in [0.25, 0.3) is 5.69 Å². The number of ether oxygens (including phenoxy) is 2. The molecule has 1 fully saturated rings. The maximum atomic E-state index is 15.8. The maximum Gasteiger partial charge on any atom is 0.490 e. The van der Waals surface area contributed by atoms with E-state index >= 15 is 14.4 Å². The Morgan fingerprint density at radius 1 is 0.655 bits per heavy atom. The zero-order chi connectivity index (χ0) is 85.5. The zero-order valence-corrected chi connectivity index (χ0v) is 63.6. The number of amides is 12. The molecule has 12 amide bonds. The number of cyclic esters (lactones) is 1. The number of nitrogens with one attached hydrogen (secondary N) is 11. The second-order valence-corrected chi connectivity index (χ2v) is 28.0. The van der Waals surface area contributed by atoms with Crippen LogP contribution in [-0.2, 0) is 84.6 Å². The molecule has 0 radical (unpaired) electrons. The minimum atomic E-state index is -5.08. The van der Waals surface area contributed by atoms with E-state index in [-0.39, 0.29) is 61.4 Å². The molecule has 0 spiro atoms. The minimum Gasteiger partial charge on any atom is -0.475 e. The van der Waals surface area contributed by atoms with Crippen LogP contribution in [0, 0.1) is 27.9 Å². The quantitative estimate of drug-likeness (QED) is 0.0101. The van der Waals surface area contributed by atoms with Gasteiger partial charge in [-0.15, -0.1) is 0 Å². The normalized spacial score (nSPS) is 21.9. The van der Waals surface area contributed by atoms with Crippen molar-refractivity contribution in [2.75, 3.05) is 19.7 Å². The molecule has 1 heterocycles. The van der Waals surface area contributed by atoms with E-state index in [9.17, 15) is 91.7 Å². The average molecular weight is 1600 g/mol. The molecule has 0 aliphatic carbocycles. The second kappa shape index (κ2) is 45.0. The topological polar surface area (TPSA) is 624 Å². The Morgan fingerprint density at radius 2 is 1.16 bits per heavy atom. The fraction of sp³-hybridized carbons (Fsp3) is 0.535. The molecule has 4 rings (SSSR count). The lowest BCUT2D eigenvalue weighted by Crippen LogP contribution is -2.64. The molecule has 1 saturated heterocycles. The molecule has 0 unspecified atom stereocenters. The van der Waals surface area contributed by atoms with Gasteiger partial charge in [-0.1, -0.05) is 121 Å². The number of nitro groups is 1. The molecule has 42 heteroatoms. The third kappa shape index (κ3) is 32.3. The van der Waals surface area contributed by atoms with Crippen molar-refractivity contribution in [2.24, 2.45) is 39.9 Å². The van der Waals surface area contributed by atoms with Crippen LogP contribution >= 0.6 is 0 Å². The summed E-state index contributed by atoms with van der Waals surface area (Å²) in [5, 5.41) is 89.9. The van der Waals surface area contributed by atoms with Gasteiger partial charge in [-0.05, 0) is 81.4 Å². The number of nitrogens with zero attached hydrogens (tertiary/aromatic N) is 2. The molecule has 1 aliphatic rings. The summed E-state index contributed by atoms with van der Waals surface area (Å²) < 4.78 is 43.2. The molecule has 15 atom stereocenters. The van der Waals surface area contributed by atoms with Crippen molar-refractivity contribution in [2.45, 2.75) is 204 Å². The number of aliphatic hydroxyl groups excluding tert-OH is 4. The first-order chi connectivity index (χ1) is 52.7. The molecule has 3 aromatic carbocycles. The fourth-order valence-corrected chi connectivity index (χ4v) is 10.6. The van der Waals surface area contributed by atoms with E-state index in [0.717, 1.165) is 19.1 Å². The lowest BCUT2D eigenvalue weighted by Gasteiger charge is -2.33. The third-order valence-electron chi connectivity index (χ3n) is 16.8. The number of non-ortho nitro benzene ring substituents is 1. The van der Waals surface area contributed by atoms with Crippen molar-refractivity contribution in [3.8, 4) is 0 Å². The van der Waals surface area contributed by atoms with Gasteiger partial charge in [-0.3, -0.25) is 67.8 Å². The Labute approximate surface area is 646 Å². The van der Waals surface area contributed by atoms with Crippen LogP contribution in [0.4, 0.5) is 23.7 Å². The van der Waals surface area contributed by atoms with Gasteiger partial charge in [-0.2, -0.15) is 13.2 Å². The van der Waals surface area contributed by atoms with Gasteiger partial charge in [0, 0.05) is 31.5 Å². The summed E-state index contributed by atoms with van der Waals surface area (Å²) in [5.41, 5.74) is 15.5. The Morgan fingerprint density at radius 3 is 1.66 bits per heavy atom. The van der Waals surface area contributed by atoms with E-state index in [1.165, 1.54) is 56.3 Å². The average Bonchev–Trinajstić information content (AvgIpc) is 0.802. The van der Waals surface area contributed by atoms with Gasteiger partial charge in [-0.25, -0.2) is 14.4 Å². The molecular weight excluding hydrogens is 1500 g/mol. The number of halogens is 3. The highest BCUT2D eigenvalue weighted by atomic mass is 19.4. The summed E-state index contributed by atoms with van der Waals surface area (Å²) in [6.07, 6.45) is -15.8. The van der Waals surface area contributed by atoms with Crippen LogP contribution in [0.2, 0.25) is 0 Å². The number of aliphatic hydroxyl groups is 4. The van der Waals surface area contributed by atoms with E-state index < -0.39 is 222 Å². The number of aliphatic carboxylic acids is 1. The summed E-state index contributed by atoms with van der Waals surface area (Å²) in [5.74, 6) is -21.1. The molecule has 113 heavy (non-hydrogen) atoms. The number of carbonyl (C=O) groups excluding carboxylic acids is 13. The molecule has 0 saturated carbocycles. The number of nitrogens with two attached hydrogens (primary N) is 3. The molecule has 1 aliphatic heterocycles. The molecule has 39 nitrogen and oxygen atoms in total. The van der Waals surface area contributed by atoms with E-state index in [4.69, 9.17) is 36.6 Å². The zero-order valence-electron chi connectivity index (χ0n) is 63.6.